The number of para-hydroxylation sites is 4. The van der Waals surface area contributed by atoms with Gasteiger partial charge in [0, 0.05) is 127 Å². The van der Waals surface area contributed by atoms with Crippen LogP contribution >= 0.6 is 91.9 Å². The van der Waals surface area contributed by atoms with Crippen LogP contribution in [0.3, 0.4) is 0 Å². The number of Topliss-reactive ketones (excluding diaryl/α,β-unsaturated/α-hetero) is 1. The minimum atomic E-state index is -3.19. The number of nitrogens with zero attached hydrogens (tertiary/aromatic N) is 3. The molecule has 0 saturated carbocycles. The number of hydrogen-bond acceptors (Lipinski definition) is 12. The molecule has 8 aromatic carbocycles. The van der Waals surface area contributed by atoms with E-state index in [2.05, 4.69) is 73.2 Å². The van der Waals surface area contributed by atoms with Crippen LogP contribution in [0, 0.1) is 0 Å². The molecule has 479 valence electrons. The van der Waals surface area contributed by atoms with E-state index < -0.39 is 9.05 Å². The Hall–Kier alpha value is -4.56. The summed E-state index contributed by atoms with van der Waals surface area (Å²) in [4.78, 5) is 18.5. The third kappa shape index (κ3) is 21.2. The minimum Gasteiger partial charge on any atom is -1.00 e. The van der Waals surface area contributed by atoms with Gasteiger partial charge in [-0.2, -0.15) is 0 Å². The van der Waals surface area contributed by atoms with E-state index in [1.807, 2.05) is 127 Å². The molecule has 23 heteroatoms. The van der Waals surface area contributed by atoms with E-state index in [1.54, 1.807) is 12.1 Å². The van der Waals surface area contributed by atoms with Crippen molar-refractivity contribution < 1.29 is 68.3 Å². The van der Waals surface area contributed by atoms with E-state index in [-0.39, 0.29) is 68.7 Å². The first-order chi connectivity index (χ1) is 43.4. The van der Waals surface area contributed by atoms with E-state index in [0.717, 1.165) is 133 Å². The molecular formula is C69H69BCl8N4NaO8S. The number of hydrogen-bond donors (Lipinski definition) is 2. The van der Waals surface area contributed by atoms with Crippen molar-refractivity contribution in [3.05, 3.63) is 246 Å². The van der Waals surface area contributed by atoms with E-state index in [4.69, 9.17) is 100 Å². The van der Waals surface area contributed by atoms with Crippen LogP contribution in [-0.2, 0) is 9.05 Å². The molecule has 5 atom stereocenters. The summed E-state index contributed by atoms with van der Waals surface area (Å²) in [6, 6.07) is 59.6. The van der Waals surface area contributed by atoms with Gasteiger partial charge in [-0.05, 0) is 102 Å². The standard InChI is InChI=1S/C25H23Cl3N2O.C16H15Cl3N2.C9H9ClO.C9H10O2.C9H8O2.CH3ClO2S.B.Na.H/c26-18-7-5-17(6-8-18)24-16-29(22-11-14-31-25-4-2-1-3-20(22)25)12-13-30(24)23-10-9-19(27)15-21(23)28;17-12-3-1-11(2-4-12)16-10-20-7-8-21(16)15-6-5-13(18)9-14(15)19;3*10-8-5-6-11-9-4-2-1-3-7(8)9;1-5(2,3)4;;;/h1-10,15,22,24H,11-14,16H2;1-6,9,16,20H,7-8,10H2;1-4,8H,5-6H2;1-4,8,10H,5-6H2;1-4H,5-6H2;1H3;;;/q;;;;;;;+1;-1/t22?,24-;16-;;;;;;;/m00......./s1. The number of halogens is 8. The summed E-state index contributed by atoms with van der Waals surface area (Å²) >= 11 is 43.4. The molecule has 6 aliphatic heterocycles. The number of ketones is 1. The SMILES string of the molecule is CS(=O)(=O)Cl.ClC1CCOc2ccccc21.Clc1ccc([C@@H]2CN(C3CCOc4ccccc43)CCN2c2ccc(Cl)cc2Cl)cc1.Clc1ccc([C@@H]2CNCCN2c2ccc(Cl)cc2Cl)cc1.O=C1CCOc2ccccc21.OC1CCOc2ccccc21.[B].[H-].[Na+]. The number of fused-ring (bicyclic) bond motifs is 4. The Labute approximate surface area is 605 Å². The van der Waals surface area contributed by atoms with Crippen molar-refractivity contribution in [2.45, 2.75) is 55.3 Å². The molecule has 0 spiro atoms. The third-order valence-electron chi connectivity index (χ3n) is 15.6. The molecule has 14 rings (SSSR count). The van der Waals surface area contributed by atoms with Crippen LogP contribution in [0.25, 0.3) is 0 Å². The van der Waals surface area contributed by atoms with Gasteiger partial charge in [0.05, 0.1) is 83.2 Å². The fraction of sp³-hybridized carbons (Fsp3) is 0.290. The van der Waals surface area contributed by atoms with Gasteiger partial charge in [0.15, 0.2) is 5.78 Å². The van der Waals surface area contributed by atoms with E-state index in [1.165, 1.54) is 16.7 Å². The number of aliphatic hydroxyl groups is 1. The molecular weight excluding hydrogens is 1360 g/mol. The number of rotatable bonds is 5. The third-order valence-corrected chi connectivity index (χ3v) is 17.6. The molecule has 0 aliphatic carbocycles. The Kier molecular flexibility index (Phi) is 29.7. The first-order valence-electron chi connectivity index (χ1n) is 29.4. The van der Waals surface area contributed by atoms with Gasteiger partial charge in [0.2, 0.25) is 9.05 Å². The number of carbonyl (C=O) groups excluding carboxylic acids is 1. The summed E-state index contributed by atoms with van der Waals surface area (Å²) in [6.07, 6.45) is 3.72. The number of anilines is 2. The van der Waals surface area contributed by atoms with Crippen molar-refractivity contribution in [1.82, 2.24) is 10.2 Å². The van der Waals surface area contributed by atoms with Crippen molar-refractivity contribution in [3.63, 3.8) is 0 Å². The van der Waals surface area contributed by atoms with Gasteiger partial charge in [-0.15, -0.1) is 11.6 Å². The largest absolute Gasteiger partial charge is 1.00 e. The van der Waals surface area contributed by atoms with E-state index in [9.17, 15) is 18.3 Å². The van der Waals surface area contributed by atoms with Gasteiger partial charge in [-0.25, -0.2) is 8.42 Å². The van der Waals surface area contributed by atoms with Gasteiger partial charge < -0.3 is 40.6 Å². The van der Waals surface area contributed by atoms with E-state index in [0.29, 0.717) is 52.2 Å². The molecule has 0 bridgehead atoms. The summed E-state index contributed by atoms with van der Waals surface area (Å²) in [7, 11) is 1.31. The number of alkyl halides is 1. The predicted octanol–water partition coefficient (Wildman–Crippen LogP) is 14.7. The average molecular weight is 1430 g/mol. The van der Waals surface area contributed by atoms with Gasteiger partial charge in [-0.3, -0.25) is 9.69 Å². The number of benzene rings is 8. The molecule has 8 aromatic rings. The number of nitrogens with one attached hydrogen (secondary N) is 1. The minimum absolute atomic E-state index is 0. The Morgan fingerprint density at radius 2 is 0.967 bits per heavy atom. The second kappa shape index (κ2) is 36.5. The second-order valence-corrected chi connectivity index (χ2v) is 27.8. The quantitative estimate of drug-likeness (QED) is 0.0966. The molecule has 2 N–H and O–H groups in total. The van der Waals surface area contributed by atoms with Crippen molar-refractivity contribution in [2.75, 3.05) is 81.8 Å². The molecule has 92 heavy (non-hydrogen) atoms. The van der Waals surface area contributed by atoms with Crippen LogP contribution < -0.4 is 63.6 Å². The Bertz CT molecular complexity index is 3740. The zero-order valence-electron chi connectivity index (χ0n) is 51.8. The van der Waals surface area contributed by atoms with Crippen LogP contribution in [0.5, 0.6) is 23.0 Å². The van der Waals surface area contributed by atoms with E-state index >= 15 is 0 Å². The Morgan fingerprint density at radius 1 is 0.522 bits per heavy atom. The molecule has 3 radical (unpaired) electrons. The van der Waals surface area contributed by atoms with Crippen molar-refractivity contribution >= 4 is 127 Å². The molecule has 6 aliphatic rings. The summed E-state index contributed by atoms with van der Waals surface area (Å²) in [6.45, 7) is 8.05. The maximum absolute atomic E-state index is 11.2. The normalized spacial score (nSPS) is 19.3. The van der Waals surface area contributed by atoms with Crippen LogP contribution in [-0.4, -0.2) is 105 Å². The monoisotopic (exact) mass is 1430 g/mol. The summed E-state index contributed by atoms with van der Waals surface area (Å²) in [5, 5.41) is 17.2. The summed E-state index contributed by atoms with van der Waals surface area (Å²) < 4.78 is 40.7. The predicted molar refractivity (Wildman–Crippen MR) is 375 cm³/mol. The van der Waals surface area contributed by atoms with Crippen molar-refractivity contribution in [3.8, 4) is 23.0 Å². The molecule has 0 aromatic heterocycles. The van der Waals surface area contributed by atoms with Gasteiger partial charge in [0.1, 0.15) is 23.0 Å². The van der Waals surface area contributed by atoms with Crippen LogP contribution in [0.2, 0.25) is 30.1 Å². The van der Waals surface area contributed by atoms with Crippen molar-refractivity contribution in [1.29, 1.82) is 0 Å². The van der Waals surface area contributed by atoms with Crippen molar-refractivity contribution in [2.24, 2.45) is 0 Å². The first-order valence-corrected chi connectivity index (χ1v) is 34.8. The topological polar surface area (TPSA) is 130 Å². The number of carbonyl (C=O) groups is 1. The number of ether oxygens (including phenoxy) is 4. The zero-order valence-corrected chi connectivity index (χ0v) is 59.6. The number of piperazine rings is 2. The smallest absolute Gasteiger partial charge is 1.00 e. The summed E-state index contributed by atoms with van der Waals surface area (Å²) in [5.41, 5.74) is 8.51. The van der Waals surface area contributed by atoms with Crippen LogP contribution in [0.4, 0.5) is 11.4 Å². The van der Waals surface area contributed by atoms with Crippen LogP contribution in [0.1, 0.15) is 94.9 Å². The van der Waals surface area contributed by atoms with Crippen LogP contribution in [0.15, 0.2) is 182 Å². The molecule has 6 heterocycles. The molecule has 2 fully saturated rings. The molecule has 0 amide bonds. The molecule has 2 saturated heterocycles. The fourth-order valence-electron chi connectivity index (χ4n) is 11.3. The van der Waals surface area contributed by atoms with Gasteiger partial charge in [0.25, 0.3) is 0 Å². The maximum Gasteiger partial charge on any atom is 1.00 e. The van der Waals surface area contributed by atoms with Gasteiger partial charge >= 0.3 is 29.6 Å². The molecule has 12 nitrogen and oxygen atoms in total. The average Bonchev–Trinajstić information content (AvgIpc) is 0.913. The second-order valence-electron chi connectivity index (χ2n) is 21.6. The number of aliphatic hydroxyl groups excluding tert-OH is 1. The molecule has 3 unspecified atom stereocenters. The summed E-state index contributed by atoms with van der Waals surface area (Å²) in [5.74, 6) is 3.69. The Morgan fingerprint density at radius 3 is 1.51 bits per heavy atom. The zero-order chi connectivity index (χ0) is 63.7. The Balaban J connectivity index is 0.000000192. The fourth-order valence-corrected chi connectivity index (χ4v) is 12.8. The maximum atomic E-state index is 11.2. The first kappa shape index (κ1) is 74.8. The van der Waals surface area contributed by atoms with Gasteiger partial charge in [-0.1, -0.05) is 161 Å².